The van der Waals surface area contributed by atoms with E-state index >= 15 is 0 Å². The van der Waals surface area contributed by atoms with Crippen LogP contribution in [-0.4, -0.2) is 22.6 Å². The summed E-state index contributed by atoms with van der Waals surface area (Å²) < 4.78 is 5.79. The summed E-state index contributed by atoms with van der Waals surface area (Å²) in [5.41, 5.74) is 8.10. The summed E-state index contributed by atoms with van der Waals surface area (Å²) in [6.45, 7) is 2.63. The Kier molecular flexibility index (Phi) is 3.65. The van der Waals surface area contributed by atoms with Crippen LogP contribution in [0.2, 0.25) is 0 Å². The third kappa shape index (κ3) is 2.80. The van der Waals surface area contributed by atoms with Crippen molar-refractivity contribution in [2.45, 2.75) is 31.7 Å². The number of nitrogens with zero attached hydrogens (tertiary/aromatic N) is 2. The molecule has 1 aliphatic rings. The maximum absolute atomic E-state index is 5.79. The van der Waals surface area contributed by atoms with E-state index in [0.29, 0.717) is 6.61 Å². The predicted octanol–water partition coefficient (Wildman–Crippen LogP) is 2.08. The fourth-order valence-corrected chi connectivity index (χ4v) is 2.55. The second kappa shape index (κ2) is 5.59. The maximum atomic E-state index is 5.79. The lowest BCUT2D eigenvalue weighted by Gasteiger charge is -2.24. The Balaban J connectivity index is 1.74. The van der Waals surface area contributed by atoms with Crippen LogP contribution < -0.4 is 10.5 Å². The van der Waals surface area contributed by atoms with Crippen LogP contribution in [0.1, 0.15) is 29.8 Å². The third-order valence-corrected chi connectivity index (χ3v) is 3.53. The van der Waals surface area contributed by atoms with Gasteiger partial charge in [0.05, 0.1) is 12.5 Å². The van der Waals surface area contributed by atoms with Gasteiger partial charge in [-0.3, -0.25) is 0 Å². The second-order valence-electron chi connectivity index (χ2n) is 5.45. The van der Waals surface area contributed by atoms with Gasteiger partial charge in [0.2, 0.25) is 0 Å². The zero-order valence-electron chi connectivity index (χ0n) is 11.6. The quantitative estimate of drug-likeness (QED) is 0.926. The average molecular weight is 269 g/mol. The highest BCUT2D eigenvalue weighted by Crippen LogP contribution is 2.30. The Bertz CT molecular complexity index is 581. The Labute approximate surface area is 119 Å². The fourth-order valence-electron chi connectivity index (χ4n) is 2.55. The molecular formula is C16H19N3O. The van der Waals surface area contributed by atoms with Crippen LogP contribution in [-0.2, 0) is 12.8 Å². The van der Waals surface area contributed by atoms with E-state index in [1.165, 1.54) is 5.56 Å². The Hall–Kier alpha value is -1.94. The molecule has 0 amide bonds. The Morgan fingerprint density at radius 1 is 1.30 bits per heavy atom. The van der Waals surface area contributed by atoms with E-state index in [4.69, 9.17) is 10.5 Å². The molecule has 1 aliphatic heterocycles. The first kappa shape index (κ1) is 13.1. The van der Waals surface area contributed by atoms with Gasteiger partial charge in [-0.15, -0.1) is 0 Å². The third-order valence-electron chi connectivity index (χ3n) is 3.53. The molecule has 4 nitrogen and oxygen atoms in total. The summed E-state index contributed by atoms with van der Waals surface area (Å²) in [6.07, 6.45) is 5.51. The van der Waals surface area contributed by atoms with Gasteiger partial charge in [-0.25, -0.2) is 9.97 Å². The largest absolute Gasteiger partial charge is 0.493 e. The average Bonchev–Trinajstić information content (AvgIpc) is 2.47. The Morgan fingerprint density at radius 2 is 2.05 bits per heavy atom. The molecule has 20 heavy (non-hydrogen) atoms. The number of rotatable bonds is 3. The summed E-state index contributed by atoms with van der Waals surface area (Å²) in [4.78, 5) is 8.96. The molecular weight excluding hydrogens is 250 g/mol. The number of hydrogen-bond donors (Lipinski definition) is 1. The number of hydrogen-bond acceptors (Lipinski definition) is 4. The SMILES string of the molecule is CC(N)Cc1cnc(C2COc3ccccc3C2)nc1. The van der Waals surface area contributed by atoms with Gasteiger partial charge in [0.15, 0.2) is 0 Å². The molecule has 104 valence electrons. The van der Waals surface area contributed by atoms with Crippen molar-refractivity contribution in [2.75, 3.05) is 6.61 Å². The number of para-hydroxylation sites is 1. The minimum Gasteiger partial charge on any atom is -0.493 e. The molecule has 1 aromatic heterocycles. The molecule has 2 unspecified atom stereocenters. The summed E-state index contributed by atoms with van der Waals surface area (Å²) in [6, 6.07) is 8.29. The molecule has 0 fully saturated rings. The first-order chi connectivity index (χ1) is 9.72. The first-order valence-electron chi connectivity index (χ1n) is 6.99. The minimum absolute atomic E-state index is 0.134. The highest BCUT2D eigenvalue weighted by atomic mass is 16.5. The van der Waals surface area contributed by atoms with Crippen LogP contribution in [0.25, 0.3) is 0 Å². The number of nitrogens with two attached hydrogens (primary N) is 1. The first-order valence-corrected chi connectivity index (χ1v) is 6.99. The van der Waals surface area contributed by atoms with E-state index in [1.54, 1.807) is 0 Å². The second-order valence-corrected chi connectivity index (χ2v) is 5.45. The van der Waals surface area contributed by atoms with Gasteiger partial charge in [-0.2, -0.15) is 0 Å². The fraction of sp³-hybridized carbons (Fsp3) is 0.375. The number of benzene rings is 1. The molecule has 2 heterocycles. The van der Waals surface area contributed by atoms with E-state index in [9.17, 15) is 0 Å². The normalized spacial score (nSPS) is 19.0. The lowest BCUT2D eigenvalue weighted by atomic mass is 9.96. The highest BCUT2D eigenvalue weighted by Gasteiger charge is 2.23. The van der Waals surface area contributed by atoms with E-state index in [-0.39, 0.29) is 12.0 Å². The van der Waals surface area contributed by atoms with Crippen molar-refractivity contribution in [3.8, 4) is 5.75 Å². The maximum Gasteiger partial charge on any atom is 0.135 e. The molecule has 0 spiro atoms. The summed E-state index contributed by atoms with van der Waals surface area (Å²) in [5, 5.41) is 0. The van der Waals surface area contributed by atoms with Crippen molar-refractivity contribution in [3.05, 3.63) is 53.6 Å². The van der Waals surface area contributed by atoms with Gasteiger partial charge >= 0.3 is 0 Å². The van der Waals surface area contributed by atoms with Crippen LogP contribution in [0, 0.1) is 0 Å². The van der Waals surface area contributed by atoms with Gasteiger partial charge < -0.3 is 10.5 Å². The molecule has 0 aliphatic carbocycles. The smallest absolute Gasteiger partial charge is 0.135 e. The van der Waals surface area contributed by atoms with Crippen molar-refractivity contribution in [1.29, 1.82) is 0 Å². The van der Waals surface area contributed by atoms with Crippen LogP contribution in [0.4, 0.5) is 0 Å². The molecule has 2 N–H and O–H groups in total. The van der Waals surface area contributed by atoms with Crippen molar-refractivity contribution in [3.63, 3.8) is 0 Å². The Morgan fingerprint density at radius 3 is 2.80 bits per heavy atom. The zero-order chi connectivity index (χ0) is 13.9. The summed E-state index contributed by atoms with van der Waals surface area (Å²) >= 11 is 0. The van der Waals surface area contributed by atoms with E-state index in [0.717, 1.165) is 30.0 Å². The number of ether oxygens (including phenoxy) is 1. The van der Waals surface area contributed by atoms with Crippen molar-refractivity contribution in [1.82, 2.24) is 9.97 Å². The van der Waals surface area contributed by atoms with E-state index < -0.39 is 0 Å². The molecule has 1 aromatic carbocycles. The van der Waals surface area contributed by atoms with Crippen LogP contribution >= 0.6 is 0 Å². The number of aromatic nitrogens is 2. The molecule has 4 heteroatoms. The van der Waals surface area contributed by atoms with Crippen molar-refractivity contribution < 1.29 is 4.74 Å². The molecule has 3 rings (SSSR count). The van der Waals surface area contributed by atoms with Gasteiger partial charge in [0.1, 0.15) is 11.6 Å². The van der Waals surface area contributed by atoms with Crippen LogP contribution in [0.15, 0.2) is 36.7 Å². The molecule has 0 bridgehead atoms. The zero-order valence-corrected chi connectivity index (χ0v) is 11.6. The van der Waals surface area contributed by atoms with E-state index in [2.05, 4.69) is 16.0 Å². The summed E-state index contributed by atoms with van der Waals surface area (Å²) in [5.74, 6) is 2.07. The minimum atomic E-state index is 0.134. The van der Waals surface area contributed by atoms with Crippen molar-refractivity contribution >= 4 is 0 Å². The molecule has 2 atom stereocenters. The van der Waals surface area contributed by atoms with Crippen molar-refractivity contribution in [2.24, 2.45) is 5.73 Å². The molecule has 2 aromatic rings. The molecule has 0 saturated heterocycles. The monoisotopic (exact) mass is 269 g/mol. The van der Waals surface area contributed by atoms with Gasteiger partial charge in [0, 0.05) is 18.4 Å². The van der Waals surface area contributed by atoms with Gasteiger partial charge in [-0.1, -0.05) is 18.2 Å². The molecule has 0 saturated carbocycles. The highest BCUT2D eigenvalue weighted by molar-refractivity contribution is 5.36. The van der Waals surface area contributed by atoms with Gasteiger partial charge in [-0.05, 0) is 37.0 Å². The van der Waals surface area contributed by atoms with Crippen LogP contribution in [0.5, 0.6) is 5.75 Å². The standard InChI is InChI=1S/C16H19N3O/c1-11(17)6-12-8-18-16(19-9-12)14-7-13-4-2-3-5-15(13)20-10-14/h2-5,8-9,11,14H,6-7,10,17H2,1H3. The topological polar surface area (TPSA) is 61.0 Å². The summed E-state index contributed by atoms with van der Waals surface area (Å²) in [7, 11) is 0. The lowest BCUT2D eigenvalue weighted by molar-refractivity contribution is 0.257. The molecule has 0 radical (unpaired) electrons. The number of fused-ring (bicyclic) bond motifs is 1. The predicted molar refractivity (Wildman–Crippen MR) is 77.8 cm³/mol. The van der Waals surface area contributed by atoms with Crippen LogP contribution in [0.3, 0.4) is 0 Å². The van der Waals surface area contributed by atoms with E-state index in [1.807, 2.05) is 37.5 Å². The lowest BCUT2D eigenvalue weighted by Crippen LogP contribution is -2.22. The van der Waals surface area contributed by atoms with Gasteiger partial charge in [0.25, 0.3) is 0 Å².